The smallest absolute Gasteiger partial charge is 0.309 e. The Balaban J connectivity index is 2.63. The summed E-state index contributed by atoms with van der Waals surface area (Å²) >= 11 is 0. The van der Waals surface area contributed by atoms with Gasteiger partial charge in [0.2, 0.25) is 0 Å². The number of aliphatic hydroxyl groups is 1. The lowest BCUT2D eigenvalue weighted by molar-refractivity contribution is -0.146. The second-order valence-corrected chi connectivity index (χ2v) is 2.99. The minimum absolute atomic E-state index is 0.132. The van der Waals surface area contributed by atoms with E-state index in [-0.39, 0.29) is 5.92 Å². The molecular formula is C7H12O3. The maximum absolute atomic E-state index is 10.5. The van der Waals surface area contributed by atoms with Crippen LogP contribution in [0.15, 0.2) is 0 Å². The van der Waals surface area contributed by atoms with Crippen molar-refractivity contribution in [3.63, 3.8) is 0 Å². The molecule has 3 nitrogen and oxygen atoms in total. The van der Waals surface area contributed by atoms with Gasteiger partial charge in [0.15, 0.2) is 0 Å². The van der Waals surface area contributed by atoms with E-state index in [9.17, 15) is 4.79 Å². The molecule has 0 saturated heterocycles. The maximum Gasteiger partial charge on any atom is 0.309 e. The first-order chi connectivity index (χ1) is 4.63. The van der Waals surface area contributed by atoms with Crippen LogP contribution in [0.4, 0.5) is 0 Å². The first kappa shape index (κ1) is 7.54. The second-order valence-electron chi connectivity index (χ2n) is 2.99. The Kier molecular flexibility index (Phi) is 1.94. The van der Waals surface area contributed by atoms with Gasteiger partial charge >= 0.3 is 5.97 Å². The van der Waals surface area contributed by atoms with Gasteiger partial charge in [-0.15, -0.1) is 0 Å². The molecule has 0 spiro atoms. The molecule has 0 amide bonds. The van der Waals surface area contributed by atoms with Crippen molar-refractivity contribution in [2.45, 2.75) is 25.9 Å². The monoisotopic (exact) mass is 144 g/mol. The normalized spacial score (nSPS) is 40.0. The molecule has 2 N–H and O–H groups in total. The van der Waals surface area contributed by atoms with Gasteiger partial charge in [-0.25, -0.2) is 0 Å². The van der Waals surface area contributed by atoms with Crippen molar-refractivity contribution in [3.8, 4) is 0 Å². The largest absolute Gasteiger partial charge is 0.481 e. The number of hydrogen-bond acceptors (Lipinski definition) is 2. The fourth-order valence-electron chi connectivity index (χ4n) is 1.58. The van der Waals surface area contributed by atoms with Crippen LogP contribution in [0, 0.1) is 11.8 Å². The Morgan fingerprint density at radius 1 is 1.50 bits per heavy atom. The Hall–Kier alpha value is -0.570. The number of carboxylic acid groups (broad SMARTS) is 1. The van der Waals surface area contributed by atoms with Crippen LogP contribution < -0.4 is 0 Å². The van der Waals surface area contributed by atoms with Crippen LogP contribution in [0.5, 0.6) is 0 Å². The molecule has 0 unspecified atom stereocenters. The molecular weight excluding hydrogens is 132 g/mol. The van der Waals surface area contributed by atoms with Crippen molar-refractivity contribution in [2.24, 2.45) is 11.8 Å². The van der Waals surface area contributed by atoms with E-state index in [4.69, 9.17) is 10.2 Å². The van der Waals surface area contributed by atoms with E-state index in [1.807, 2.05) is 6.92 Å². The van der Waals surface area contributed by atoms with Crippen molar-refractivity contribution in [1.29, 1.82) is 0 Å². The van der Waals surface area contributed by atoms with Crippen LogP contribution in [0.25, 0.3) is 0 Å². The third-order valence-corrected chi connectivity index (χ3v) is 2.23. The highest BCUT2D eigenvalue weighted by atomic mass is 16.4. The lowest BCUT2D eigenvalue weighted by Crippen LogP contribution is -2.26. The summed E-state index contributed by atoms with van der Waals surface area (Å²) in [6.07, 6.45) is 0.850. The third kappa shape index (κ3) is 1.14. The van der Waals surface area contributed by atoms with E-state index < -0.39 is 18.0 Å². The number of aliphatic carboxylic acids is 1. The summed E-state index contributed by atoms with van der Waals surface area (Å²) in [4.78, 5) is 10.5. The average Bonchev–Trinajstić information content (AvgIpc) is 2.11. The van der Waals surface area contributed by atoms with Gasteiger partial charge in [-0.2, -0.15) is 0 Å². The van der Waals surface area contributed by atoms with Crippen LogP contribution >= 0.6 is 0 Å². The zero-order valence-electron chi connectivity index (χ0n) is 5.95. The zero-order valence-corrected chi connectivity index (χ0v) is 5.95. The molecule has 1 rings (SSSR count). The summed E-state index contributed by atoms with van der Waals surface area (Å²) < 4.78 is 0. The van der Waals surface area contributed by atoms with Crippen molar-refractivity contribution in [3.05, 3.63) is 0 Å². The Morgan fingerprint density at radius 3 is 2.30 bits per heavy atom. The molecule has 0 aromatic carbocycles. The van der Waals surface area contributed by atoms with Crippen LogP contribution in [0.1, 0.15) is 19.8 Å². The fourth-order valence-corrected chi connectivity index (χ4v) is 1.58. The number of hydrogen-bond donors (Lipinski definition) is 2. The molecule has 3 atom stereocenters. The predicted molar refractivity (Wildman–Crippen MR) is 35.5 cm³/mol. The Bertz CT molecular complexity index is 134. The van der Waals surface area contributed by atoms with Crippen LogP contribution in [0.2, 0.25) is 0 Å². The van der Waals surface area contributed by atoms with Gasteiger partial charge in [-0.3, -0.25) is 4.79 Å². The molecule has 1 saturated carbocycles. The van der Waals surface area contributed by atoms with Gasteiger partial charge in [-0.05, 0) is 18.8 Å². The first-order valence-corrected chi connectivity index (χ1v) is 3.54. The van der Waals surface area contributed by atoms with Crippen LogP contribution in [-0.2, 0) is 4.79 Å². The standard InChI is InChI=1S/C7H12O3/c1-4-2-3-5(8)6(4)7(9)10/h4-6,8H,2-3H2,1H3,(H,9,10)/t4-,5+,6+/m1/s1. The quantitative estimate of drug-likeness (QED) is 0.562. The van der Waals surface area contributed by atoms with Crippen LogP contribution in [0.3, 0.4) is 0 Å². The van der Waals surface area contributed by atoms with Crippen molar-refractivity contribution < 1.29 is 15.0 Å². The van der Waals surface area contributed by atoms with Gasteiger partial charge < -0.3 is 10.2 Å². The molecule has 10 heavy (non-hydrogen) atoms. The highest BCUT2D eigenvalue weighted by molar-refractivity contribution is 5.71. The molecule has 1 aliphatic carbocycles. The number of carboxylic acids is 1. The lowest BCUT2D eigenvalue weighted by Gasteiger charge is -2.12. The average molecular weight is 144 g/mol. The van der Waals surface area contributed by atoms with E-state index in [0.29, 0.717) is 6.42 Å². The topological polar surface area (TPSA) is 57.5 Å². The van der Waals surface area contributed by atoms with Gasteiger partial charge in [0, 0.05) is 0 Å². The van der Waals surface area contributed by atoms with Crippen LogP contribution in [-0.4, -0.2) is 22.3 Å². The summed E-state index contributed by atoms with van der Waals surface area (Å²) in [6, 6.07) is 0. The van der Waals surface area contributed by atoms with Gasteiger partial charge in [-0.1, -0.05) is 6.92 Å². The van der Waals surface area contributed by atoms with E-state index in [2.05, 4.69) is 0 Å². The van der Waals surface area contributed by atoms with E-state index in [0.717, 1.165) is 6.42 Å². The fraction of sp³-hybridized carbons (Fsp3) is 0.857. The van der Waals surface area contributed by atoms with E-state index >= 15 is 0 Å². The molecule has 1 fully saturated rings. The lowest BCUT2D eigenvalue weighted by atomic mass is 9.97. The molecule has 0 aliphatic heterocycles. The van der Waals surface area contributed by atoms with Gasteiger partial charge in [0.05, 0.1) is 12.0 Å². The highest BCUT2D eigenvalue weighted by Gasteiger charge is 2.37. The maximum atomic E-state index is 10.5. The molecule has 0 aromatic heterocycles. The summed E-state index contributed by atoms with van der Waals surface area (Å²) in [6.45, 7) is 1.87. The summed E-state index contributed by atoms with van der Waals surface area (Å²) in [5, 5.41) is 17.7. The van der Waals surface area contributed by atoms with Crippen molar-refractivity contribution >= 4 is 5.97 Å². The van der Waals surface area contributed by atoms with Crippen molar-refractivity contribution in [1.82, 2.24) is 0 Å². The SMILES string of the molecule is C[C@@H]1CC[C@H](O)[C@H]1C(=O)O. The summed E-state index contributed by atoms with van der Waals surface area (Å²) in [7, 11) is 0. The second kappa shape index (κ2) is 2.58. The highest BCUT2D eigenvalue weighted by Crippen LogP contribution is 2.31. The Morgan fingerprint density at radius 2 is 2.10 bits per heavy atom. The molecule has 0 heterocycles. The minimum atomic E-state index is -0.863. The number of aliphatic hydroxyl groups excluding tert-OH is 1. The predicted octanol–water partition coefficient (Wildman–Crippen LogP) is 0.478. The van der Waals surface area contributed by atoms with Gasteiger partial charge in [0.1, 0.15) is 0 Å². The van der Waals surface area contributed by atoms with E-state index in [1.54, 1.807) is 0 Å². The van der Waals surface area contributed by atoms with E-state index in [1.165, 1.54) is 0 Å². The summed E-state index contributed by atoms with van der Waals surface area (Å²) in [5.41, 5.74) is 0. The molecule has 0 aromatic rings. The zero-order chi connectivity index (χ0) is 7.72. The number of carbonyl (C=O) groups is 1. The molecule has 0 radical (unpaired) electrons. The van der Waals surface area contributed by atoms with Gasteiger partial charge in [0.25, 0.3) is 0 Å². The number of rotatable bonds is 1. The molecule has 58 valence electrons. The summed E-state index contributed by atoms with van der Waals surface area (Å²) in [5.74, 6) is -1.26. The minimum Gasteiger partial charge on any atom is -0.481 e. The molecule has 0 bridgehead atoms. The molecule has 3 heteroatoms. The Labute approximate surface area is 59.7 Å². The third-order valence-electron chi connectivity index (χ3n) is 2.23. The first-order valence-electron chi connectivity index (χ1n) is 3.54. The van der Waals surface area contributed by atoms with Crippen molar-refractivity contribution in [2.75, 3.05) is 0 Å². The molecule has 1 aliphatic rings.